The molecule has 6 heteroatoms. The maximum Gasteiger partial charge on any atom is 0.229 e. The van der Waals surface area contributed by atoms with Crippen LogP contribution in [0.1, 0.15) is 26.2 Å². The van der Waals surface area contributed by atoms with Gasteiger partial charge in [-0.15, -0.1) is 0 Å². The van der Waals surface area contributed by atoms with Crippen LogP contribution in [0.4, 0.5) is 0 Å². The van der Waals surface area contributed by atoms with E-state index in [9.17, 15) is 14.4 Å². The van der Waals surface area contributed by atoms with Crippen molar-refractivity contribution in [2.45, 2.75) is 32.3 Å². The Morgan fingerprint density at radius 3 is 2.41 bits per heavy atom. The number of hydrogen-bond acceptors (Lipinski definition) is 4. The number of likely N-dealkylation sites (N-methyl/N-ethyl adjacent to an activating group) is 1. The first-order valence-corrected chi connectivity index (χ1v) is 5.67. The SMILES string of the molecule is CC(O)CN(C)C(=O)CCN1C(=O)CCC1=O. The van der Waals surface area contributed by atoms with E-state index in [0.717, 1.165) is 4.90 Å². The van der Waals surface area contributed by atoms with E-state index in [0.29, 0.717) is 0 Å². The van der Waals surface area contributed by atoms with Gasteiger partial charge >= 0.3 is 0 Å². The van der Waals surface area contributed by atoms with Crippen molar-refractivity contribution in [1.29, 1.82) is 0 Å². The summed E-state index contributed by atoms with van der Waals surface area (Å²) in [6.07, 6.45) is 0.0207. The molecule has 0 spiro atoms. The van der Waals surface area contributed by atoms with E-state index in [1.54, 1.807) is 14.0 Å². The number of amides is 3. The van der Waals surface area contributed by atoms with Crippen LogP contribution < -0.4 is 0 Å². The third-order valence-corrected chi connectivity index (χ3v) is 2.67. The minimum absolute atomic E-state index is 0.112. The highest BCUT2D eigenvalue weighted by Crippen LogP contribution is 2.12. The van der Waals surface area contributed by atoms with E-state index in [1.165, 1.54) is 4.90 Å². The molecule has 6 nitrogen and oxygen atoms in total. The van der Waals surface area contributed by atoms with Crippen LogP contribution in [0.2, 0.25) is 0 Å². The summed E-state index contributed by atoms with van der Waals surface area (Å²) in [5.74, 6) is -0.597. The summed E-state index contributed by atoms with van der Waals surface area (Å²) in [4.78, 5) is 36.7. The van der Waals surface area contributed by atoms with Crippen LogP contribution in [-0.4, -0.2) is 58.9 Å². The molecule has 0 aliphatic carbocycles. The van der Waals surface area contributed by atoms with Crippen molar-refractivity contribution in [3.05, 3.63) is 0 Å². The Morgan fingerprint density at radius 2 is 1.94 bits per heavy atom. The molecule has 1 saturated heterocycles. The van der Waals surface area contributed by atoms with Gasteiger partial charge in [0.1, 0.15) is 0 Å². The molecule has 0 saturated carbocycles. The third-order valence-electron chi connectivity index (χ3n) is 2.67. The van der Waals surface area contributed by atoms with Crippen LogP contribution in [0.3, 0.4) is 0 Å². The van der Waals surface area contributed by atoms with Crippen molar-refractivity contribution in [3.8, 4) is 0 Å². The van der Waals surface area contributed by atoms with Crippen LogP contribution in [0.25, 0.3) is 0 Å². The van der Waals surface area contributed by atoms with Gasteiger partial charge in [0.05, 0.1) is 6.10 Å². The maximum absolute atomic E-state index is 11.6. The van der Waals surface area contributed by atoms with Crippen molar-refractivity contribution in [1.82, 2.24) is 9.80 Å². The first-order chi connectivity index (χ1) is 7.91. The summed E-state index contributed by atoms with van der Waals surface area (Å²) in [5.41, 5.74) is 0. The van der Waals surface area contributed by atoms with Gasteiger partial charge in [-0.1, -0.05) is 0 Å². The van der Waals surface area contributed by atoms with Crippen molar-refractivity contribution in [3.63, 3.8) is 0 Å². The van der Waals surface area contributed by atoms with E-state index in [-0.39, 0.29) is 50.1 Å². The fourth-order valence-electron chi connectivity index (χ4n) is 1.77. The molecular formula is C11H18N2O4. The highest BCUT2D eigenvalue weighted by atomic mass is 16.3. The zero-order chi connectivity index (χ0) is 13.0. The number of rotatable bonds is 5. The fourth-order valence-corrected chi connectivity index (χ4v) is 1.77. The molecule has 1 unspecified atom stereocenters. The quantitative estimate of drug-likeness (QED) is 0.651. The van der Waals surface area contributed by atoms with E-state index in [1.807, 2.05) is 0 Å². The predicted octanol–water partition coefficient (Wildman–Crippen LogP) is -0.635. The van der Waals surface area contributed by atoms with Gasteiger partial charge in [-0.25, -0.2) is 0 Å². The molecular weight excluding hydrogens is 224 g/mol. The molecule has 3 amide bonds. The smallest absolute Gasteiger partial charge is 0.229 e. The number of likely N-dealkylation sites (tertiary alicyclic amines) is 1. The first-order valence-electron chi connectivity index (χ1n) is 5.67. The average Bonchev–Trinajstić information content (AvgIpc) is 2.54. The van der Waals surface area contributed by atoms with E-state index >= 15 is 0 Å². The highest BCUT2D eigenvalue weighted by Gasteiger charge is 2.29. The maximum atomic E-state index is 11.6. The molecule has 1 atom stereocenters. The predicted molar refractivity (Wildman–Crippen MR) is 59.9 cm³/mol. The second-order valence-electron chi connectivity index (χ2n) is 4.31. The standard InChI is InChI=1S/C11H18N2O4/c1-8(14)7-12(2)9(15)5-6-13-10(16)3-4-11(13)17/h8,14H,3-7H2,1-2H3. The lowest BCUT2D eigenvalue weighted by Gasteiger charge is -2.20. The second-order valence-corrected chi connectivity index (χ2v) is 4.31. The van der Waals surface area contributed by atoms with Gasteiger partial charge in [0.2, 0.25) is 17.7 Å². The lowest BCUT2D eigenvalue weighted by molar-refractivity contribution is -0.139. The minimum Gasteiger partial charge on any atom is -0.392 e. The van der Waals surface area contributed by atoms with Gasteiger partial charge in [-0.2, -0.15) is 0 Å². The zero-order valence-corrected chi connectivity index (χ0v) is 10.2. The fraction of sp³-hybridized carbons (Fsp3) is 0.727. The number of hydrogen-bond donors (Lipinski definition) is 1. The summed E-state index contributed by atoms with van der Waals surface area (Å²) < 4.78 is 0. The molecule has 0 aromatic carbocycles. The molecule has 0 aromatic rings. The van der Waals surface area contributed by atoms with Gasteiger partial charge in [-0.05, 0) is 6.92 Å². The van der Waals surface area contributed by atoms with Crippen LogP contribution in [0.15, 0.2) is 0 Å². The Balaban J connectivity index is 2.37. The number of carbonyl (C=O) groups excluding carboxylic acids is 3. The molecule has 1 aliphatic heterocycles. The minimum atomic E-state index is -0.584. The van der Waals surface area contributed by atoms with Gasteiger partial charge < -0.3 is 10.0 Å². The Kier molecular flexibility index (Phi) is 4.62. The molecule has 17 heavy (non-hydrogen) atoms. The molecule has 1 rings (SSSR count). The van der Waals surface area contributed by atoms with Crippen molar-refractivity contribution in [2.24, 2.45) is 0 Å². The van der Waals surface area contributed by atoms with Gasteiger partial charge in [0, 0.05) is 39.4 Å². The van der Waals surface area contributed by atoms with E-state index < -0.39 is 6.10 Å². The molecule has 1 aliphatic rings. The topological polar surface area (TPSA) is 77.9 Å². The van der Waals surface area contributed by atoms with Crippen LogP contribution in [-0.2, 0) is 14.4 Å². The lowest BCUT2D eigenvalue weighted by atomic mass is 10.3. The summed E-state index contributed by atoms with van der Waals surface area (Å²) >= 11 is 0. The Labute approximate surface area is 100 Å². The number of aliphatic hydroxyl groups excluding tert-OH is 1. The number of aliphatic hydroxyl groups is 1. The summed E-state index contributed by atoms with van der Waals surface area (Å²) in [6, 6.07) is 0. The largest absolute Gasteiger partial charge is 0.392 e. The Hall–Kier alpha value is -1.43. The molecule has 0 aromatic heterocycles. The summed E-state index contributed by atoms with van der Waals surface area (Å²) in [7, 11) is 1.59. The third kappa shape index (κ3) is 3.81. The molecule has 0 bridgehead atoms. The van der Waals surface area contributed by atoms with Gasteiger partial charge in [-0.3, -0.25) is 19.3 Å². The van der Waals surface area contributed by atoms with Gasteiger partial charge in [0.15, 0.2) is 0 Å². The van der Waals surface area contributed by atoms with Gasteiger partial charge in [0.25, 0.3) is 0 Å². The first kappa shape index (κ1) is 13.6. The summed E-state index contributed by atoms with van der Waals surface area (Å²) in [6.45, 7) is 1.98. The molecule has 96 valence electrons. The summed E-state index contributed by atoms with van der Waals surface area (Å²) in [5, 5.41) is 9.12. The molecule has 1 fully saturated rings. The lowest BCUT2D eigenvalue weighted by Crippen LogP contribution is -2.37. The highest BCUT2D eigenvalue weighted by molar-refractivity contribution is 6.02. The van der Waals surface area contributed by atoms with Crippen LogP contribution >= 0.6 is 0 Å². The van der Waals surface area contributed by atoms with E-state index in [2.05, 4.69) is 0 Å². The number of nitrogens with zero attached hydrogens (tertiary/aromatic N) is 2. The van der Waals surface area contributed by atoms with Crippen molar-refractivity contribution >= 4 is 17.7 Å². The molecule has 1 heterocycles. The molecule has 0 radical (unpaired) electrons. The Morgan fingerprint density at radius 1 is 1.41 bits per heavy atom. The monoisotopic (exact) mass is 242 g/mol. The number of carbonyl (C=O) groups is 3. The normalized spacial score (nSPS) is 17.5. The second kappa shape index (κ2) is 5.77. The van der Waals surface area contributed by atoms with Crippen LogP contribution in [0, 0.1) is 0 Å². The van der Waals surface area contributed by atoms with Crippen LogP contribution in [0.5, 0.6) is 0 Å². The number of imide groups is 1. The average molecular weight is 242 g/mol. The zero-order valence-electron chi connectivity index (χ0n) is 10.2. The van der Waals surface area contributed by atoms with E-state index in [4.69, 9.17) is 5.11 Å². The molecule has 1 N–H and O–H groups in total. The van der Waals surface area contributed by atoms with Crippen molar-refractivity contribution < 1.29 is 19.5 Å². The van der Waals surface area contributed by atoms with Crippen molar-refractivity contribution in [2.75, 3.05) is 20.1 Å². The Bertz CT molecular complexity index is 311.